The van der Waals surface area contributed by atoms with E-state index in [0.29, 0.717) is 11.4 Å². The first-order valence-electron chi connectivity index (χ1n) is 7.26. The number of alkyl halides is 2. The number of nitrogens with one attached hydrogen (secondary N) is 1. The van der Waals surface area contributed by atoms with Gasteiger partial charge in [0.25, 0.3) is 6.43 Å². The predicted octanol–water partition coefficient (Wildman–Crippen LogP) is 2.94. The number of rotatable bonds is 6. The second-order valence-electron chi connectivity index (χ2n) is 5.39. The SMILES string of the molecule is CC(=O)N(C)c1ccc(NS(=O)(=O)Cc2ccc(C(F)F)cc2)cn1. The fraction of sp³-hybridized carbons (Fsp3) is 0.250. The Morgan fingerprint density at radius 1 is 1.20 bits per heavy atom. The maximum atomic E-state index is 12.5. The van der Waals surface area contributed by atoms with Gasteiger partial charge in [-0.15, -0.1) is 0 Å². The Morgan fingerprint density at radius 3 is 2.32 bits per heavy atom. The molecule has 0 bridgehead atoms. The first-order valence-corrected chi connectivity index (χ1v) is 8.91. The third-order valence-electron chi connectivity index (χ3n) is 3.43. The number of nitrogens with zero attached hydrogens (tertiary/aromatic N) is 2. The molecule has 0 saturated carbocycles. The van der Waals surface area contributed by atoms with Crippen molar-refractivity contribution in [2.45, 2.75) is 19.1 Å². The number of sulfonamides is 1. The Morgan fingerprint density at radius 2 is 1.84 bits per heavy atom. The lowest BCUT2D eigenvalue weighted by Crippen LogP contribution is -2.23. The number of carbonyl (C=O) groups excluding carboxylic acids is 1. The lowest BCUT2D eigenvalue weighted by Gasteiger charge is -2.14. The van der Waals surface area contributed by atoms with Gasteiger partial charge in [0, 0.05) is 19.5 Å². The van der Waals surface area contributed by atoms with Crippen LogP contribution in [0.4, 0.5) is 20.3 Å². The number of hydrogen-bond donors (Lipinski definition) is 1. The highest BCUT2D eigenvalue weighted by Crippen LogP contribution is 2.20. The molecule has 0 saturated heterocycles. The largest absolute Gasteiger partial charge is 0.300 e. The van der Waals surface area contributed by atoms with Gasteiger partial charge in [-0.1, -0.05) is 24.3 Å². The van der Waals surface area contributed by atoms with E-state index in [2.05, 4.69) is 9.71 Å². The number of pyridine rings is 1. The van der Waals surface area contributed by atoms with Gasteiger partial charge in [-0.3, -0.25) is 9.52 Å². The molecular formula is C16H17F2N3O3S. The normalized spacial score (nSPS) is 11.4. The topological polar surface area (TPSA) is 79.4 Å². The van der Waals surface area contributed by atoms with Crippen molar-refractivity contribution < 1.29 is 22.0 Å². The molecular weight excluding hydrogens is 352 g/mol. The second kappa shape index (κ2) is 7.56. The van der Waals surface area contributed by atoms with Gasteiger partial charge < -0.3 is 4.90 Å². The molecule has 0 radical (unpaired) electrons. The van der Waals surface area contributed by atoms with E-state index in [1.54, 1.807) is 7.05 Å². The number of benzene rings is 1. The van der Waals surface area contributed by atoms with Crippen LogP contribution in [0.5, 0.6) is 0 Å². The summed E-state index contributed by atoms with van der Waals surface area (Å²) in [5.41, 5.74) is 0.464. The minimum Gasteiger partial charge on any atom is -0.300 e. The van der Waals surface area contributed by atoms with Gasteiger partial charge in [0.1, 0.15) is 5.82 Å². The summed E-state index contributed by atoms with van der Waals surface area (Å²) in [4.78, 5) is 16.6. The molecule has 0 atom stereocenters. The van der Waals surface area contributed by atoms with Crippen LogP contribution in [-0.2, 0) is 20.6 Å². The number of carbonyl (C=O) groups is 1. The monoisotopic (exact) mass is 369 g/mol. The molecule has 25 heavy (non-hydrogen) atoms. The molecule has 0 aliphatic carbocycles. The highest BCUT2D eigenvalue weighted by molar-refractivity contribution is 7.91. The van der Waals surface area contributed by atoms with Crippen LogP contribution in [0.25, 0.3) is 0 Å². The number of anilines is 2. The molecule has 0 aliphatic heterocycles. The van der Waals surface area contributed by atoms with Crippen molar-refractivity contribution in [2.75, 3.05) is 16.7 Å². The van der Waals surface area contributed by atoms with Gasteiger partial charge in [0.15, 0.2) is 0 Å². The summed E-state index contributed by atoms with van der Waals surface area (Å²) in [5, 5.41) is 0. The number of halogens is 2. The van der Waals surface area contributed by atoms with Crippen molar-refractivity contribution in [2.24, 2.45) is 0 Å². The van der Waals surface area contributed by atoms with E-state index >= 15 is 0 Å². The lowest BCUT2D eigenvalue weighted by atomic mass is 10.2. The first kappa shape index (κ1) is 18.8. The summed E-state index contributed by atoms with van der Waals surface area (Å²) in [6, 6.07) is 8.09. The van der Waals surface area contributed by atoms with Crippen LogP contribution in [0.1, 0.15) is 24.5 Å². The zero-order chi connectivity index (χ0) is 18.6. The van der Waals surface area contributed by atoms with E-state index in [-0.39, 0.29) is 22.9 Å². The fourth-order valence-electron chi connectivity index (χ4n) is 2.00. The predicted molar refractivity (Wildman–Crippen MR) is 91.0 cm³/mol. The zero-order valence-corrected chi connectivity index (χ0v) is 14.4. The highest BCUT2D eigenvalue weighted by atomic mass is 32.2. The Kier molecular flexibility index (Phi) is 5.68. The van der Waals surface area contributed by atoms with Crippen LogP contribution in [0.3, 0.4) is 0 Å². The van der Waals surface area contributed by atoms with Crippen LogP contribution >= 0.6 is 0 Å². The smallest absolute Gasteiger partial charge is 0.263 e. The van der Waals surface area contributed by atoms with Crippen LogP contribution in [0, 0.1) is 0 Å². The lowest BCUT2D eigenvalue weighted by molar-refractivity contribution is -0.116. The van der Waals surface area contributed by atoms with E-state index < -0.39 is 16.4 Å². The molecule has 0 spiro atoms. The van der Waals surface area contributed by atoms with Gasteiger partial charge in [-0.05, 0) is 17.7 Å². The summed E-state index contributed by atoms with van der Waals surface area (Å²) >= 11 is 0. The molecule has 2 aromatic rings. The fourth-order valence-corrected chi connectivity index (χ4v) is 3.18. The molecule has 1 aromatic carbocycles. The molecule has 1 N–H and O–H groups in total. The van der Waals surface area contributed by atoms with Gasteiger partial charge in [-0.25, -0.2) is 22.2 Å². The molecule has 0 fully saturated rings. The number of amides is 1. The summed E-state index contributed by atoms with van der Waals surface area (Å²) in [5.74, 6) is -0.169. The molecule has 1 amide bonds. The Balaban J connectivity index is 2.06. The third kappa shape index (κ3) is 5.21. The van der Waals surface area contributed by atoms with E-state index in [9.17, 15) is 22.0 Å². The maximum Gasteiger partial charge on any atom is 0.263 e. The molecule has 2 rings (SSSR count). The average Bonchev–Trinajstić information content (AvgIpc) is 2.54. The average molecular weight is 369 g/mol. The molecule has 134 valence electrons. The maximum absolute atomic E-state index is 12.5. The quantitative estimate of drug-likeness (QED) is 0.849. The minimum atomic E-state index is -3.73. The van der Waals surface area contributed by atoms with Gasteiger partial charge >= 0.3 is 0 Å². The van der Waals surface area contributed by atoms with Gasteiger partial charge in [0.05, 0.1) is 17.6 Å². The van der Waals surface area contributed by atoms with Crippen molar-refractivity contribution >= 4 is 27.4 Å². The Bertz CT molecular complexity index is 838. The summed E-state index contributed by atoms with van der Waals surface area (Å²) in [6.07, 6.45) is -1.30. The first-order chi connectivity index (χ1) is 11.7. The zero-order valence-electron chi connectivity index (χ0n) is 13.6. The molecule has 1 aromatic heterocycles. The third-order valence-corrected chi connectivity index (χ3v) is 4.69. The van der Waals surface area contributed by atoms with Crippen molar-refractivity contribution in [1.29, 1.82) is 0 Å². The summed E-state index contributed by atoms with van der Waals surface area (Å²) in [6.45, 7) is 1.39. The molecule has 9 heteroatoms. The minimum absolute atomic E-state index is 0.163. The molecule has 0 aliphatic rings. The summed E-state index contributed by atoms with van der Waals surface area (Å²) < 4.78 is 51.7. The van der Waals surface area contributed by atoms with Gasteiger partial charge in [-0.2, -0.15) is 0 Å². The molecule has 6 nitrogen and oxygen atoms in total. The van der Waals surface area contributed by atoms with E-state index in [1.807, 2.05) is 0 Å². The number of hydrogen-bond acceptors (Lipinski definition) is 4. The van der Waals surface area contributed by atoms with E-state index in [1.165, 1.54) is 54.4 Å². The molecule has 0 unspecified atom stereocenters. The van der Waals surface area contributed by atoms with Crippen LogP contribution in [0.15, 0.2) is 42.6 Å². The van der Waals surface area contributed by atoms with Crippen molar-refractivity contribution in [1.82, 2.24) is 4.98 Å². The van der Waals surface area contributed by atoms with Crippen LogP contribution in [0.2, 0.25) is 0 Å². The van der Waals surface area contributed by atoms with E-state index in [0.717, 1.165) is 0 Å². The number of aromatic nitrogens is 1. The Hall–Kier alpha value is -2.55. The van der Waals surface area contributed by atoms with Gasteiger partial charge in [0.2, 0.25) is 15.9 Å². The molecule has 1 heterocycles. The summed E-state index contributed by atoms with van der Waals surface area (Å²) in [7, 11) is -2.18. The van der Waals surface area contributed by atoms with Crippen LogP contribution < -0.4 is 9.62 Å². The van der Waals surface area contributed by atoms with Crippen molar-refractivity contribution in [3.8, 4) is 0 Å². The van der Waals surface area contributed by atoms with Crippen molar-refractivity contribution in [3.05, 3.63) is 53.7 Å². The highest BCUT2D eigenvalue weighted by Gasteiger charge is 2.14. The Labute approximate surface area is 144 Å². The van der Waals surface area contributed by atoms with E-state index in [4.69, 9.17) is 0 Å². The second-order valence-corrected chi connectivity index (χ2v) is 7.11. The van der Waals surface area contributed by atoms with Crippen molar-refractivity contribution in [3.63, 3.8) is 0 Å². The standard InChI is InChI=1S/C16H17F2N3O3S/c1-11(22)21(2)15-8-7-14(9-19-15)20-25(23,24)10-12-3-5-13(6-4-12)16(17)18/h3-9,16,20H,10H2,1-2H3. The van der Waals surface area contributed by atoms with Crippen LogP contribution in [-0.4, -0.2) is 26.4 Å².